The summed E-state index contributed by atoms with van der Waals surface area (Å²) in [7, 11) is 0. The fraction of sp³-hybridized carbons (Fsp3) is 0. The molecule has 0 rings (SSSR count). The molecule has 0 aliphatic carbocycles. The van der Waals surface area contributed by atoms with Crippen molar-refractivity contribution in [1.29, 1.82) is 0 Å². The predicted molar refractivity (Wildman–Crippen MR) is 10.9 cm³/mol. The van der Waals surface area contributed by atoms with Crippen molar-refractivity contribution in [1.82, 2.24) is 0 Å². The van der Waals surface area contributed by atoms with Gasteiger partial charge in [-0.25, -0.2) is 0 Å². The van der Waals surface area contributed by atoms with E-state index >= 15 is 0 Å². The summed E-state index contributed by atoms with van der Waals surface area (Å²) < 4.78 is 23.3. The normalized spacial score (nSPS) is 6.50. The van der Waals surface area contributed by atoms with Gasteiger partial charge in [0, 0.05) is 0 Å². The Morgan fingerprint density at radius 1 is 1.50 bits per heavy atom. The van der Waals surface area contributed by atoms with E-state index in [0.29, 0.717) is 0 Å². The molecule has 0 fully saturated rings. The van der Waals surface area contributed by atoms with Gasteiger partial charge >= 0.3 is 30.5 Å². The average Bonchev–Trinajstić information content (AvgIpc) is 0.811. The van der Waals surface area contributed by atoms with Crippen LogP contribution >= 0.6 is 0 Å². The summed E-state index contributed by atoms with van der Waals surface area (Å²) in [6.45, 7) is 0. The second-order valence-corrected chi connectivity index (χ2v) is 1.90. The van der Waals surface area contributed by atoms with E-state index < -0.39 is 20.6 Å². The zero-order valence-electron chi connectivity index (χ0n) is 1.80. The molecule has 0 amide bonds. The number of rotatable bonds is 0. The molecule has 0 aliphatic rings. The van der Waals surface area contributed by atoms with E-state index in [0.717, 1.165) is 0 Å². The molecule has 4 heteroatoms. The van der Waals surface area contributed by atoms with E-state index in [4.69, 9.17) is 9.96 Å². The Morgan fingerprint density at radius 2 is 1.50 bits per heavy atom. The standard InChI is InChI=1S/2H2O.O.Sn/h2*1H2;;/q;;;+2/p-2. The monoisotopic (exact) mass is 170 g/mol. The minimum atomic E-state index is -3.79. The average molecular weight is 169 g/mol. The van der Waals surface area contributed by atoms with Crippen molar-refractivity contribution >= 4 is 20.6 Å². The SMILES string of the molecule is [O]=[Sn]([OH])[OH]. The zero-order chi connectivity index (χ0) is 3.58. The molecule has 0 spiro atoms. The van der Waals surface area contributed by atoms with E-state index in [1.807, 2.05) is 0 Å². The summed E-state index contributed by atoms with van der Waals surface area (Å²) in [6.07, 6.45) is 0. The van der Waals surface area contributed by atoms with Crippen molar-refractivity contribution in [2.45, 2.75) is 0 Å². The first-order chi connectivity index (χ1) is 1.73. The van der Waals surface area contributed by atoms with Gasteiger partial charge in [0.05, 0.1) is 0 Å². The Morgan fingerprint density at radius 3 is 1.50 bits per heavy atom. The third kappa shape index (κ3) is 21.6. The molecule has 4 heavy (non-hydrogen) atoms. The Balaban J connectivity index is 2.80. The third-order valence-corrected chi connectivity index (χ3v) is 0. The van der Waals surface area contributed by atoms with Crippen molar-refractivity contribution in [3.63, 3.8) is 0 Å². The molecule has 0 bridgehead atoms. The Hall–Kier alpha value is 0.519. The second-order valence-electron chi connectivity index (χ2n) is 0.283. The first-order valence-corrected chi connectivity index (χ1v) is 4.37. The van der Waals surface area contributed by atoms with Crippen LogP contribution in [0.4, 0.5) is 0 Å². The topological polar surface area (TPSA) is 57.5 Å². The fourth-order valence-electron chi connectivity index (χ4n) is 0. The molecular formula is H2O3Sn. The summed E-state index contributed by atoms with van der Waals surface area (Å²) in [5, 5.41) is 0. The van der Waals surface area contributed by atoms with Crippen molar-refractivity contribution in [2.75, 3.05) is 0 Å². The quantitative estimate of drug-likeness (QED) is 0.428. The molecule has 0 aromatic rings. The first-order valence-electron chi connectivity index (χ1n) is 0.651. The van der Waals surface area contributed by atoms with E-state index in [2.05, 4.69) is 0 Å². The molecule has 0 unspecified atom stereocenters. The van der Waals surface area contributed by atoms with Gasteiger partial charge in [-0.05, 0) is 0 Å². The molecule has 0 heterocycles. The van der Waals surface area contributed by atoms with Gasteiger partial charge in [0.2, 0.25) is 0 Å². The van der Waals surface area contributed by atoms with Gasteiger partial charge in [0.25, 0.3) is 0 Å². The molecule has 0 aliphatic heterocycles. The zero-order valence-corrected chi connectivity index (χ0v) is 4.66. The Labute approximate surface area is 31.1 Å². The van der Waals surface area contributed by atoms with E-state index in [-0.39, 0.29) is 0 Å². The molecule has 0 saturated carbocycles. The maximum atomic E-state index is 8.84. The van der Waals surface area contributed by atoms with Crippen LogP contribution in [0.3, 0.4) is 0 Å². The van der Waals surface area contributed by atoms with Gasteiger partial charge in [-0.2, -0.15) is 0 Å². The number of hydrogen-bond donors (Lipinski definition) is 2. The molecule has 0 saturated heterocycles. The number of hydrogen-bond acceptors (Lipinski definition) is 1. The van der Waals surface area contributed by atoms with Gasteiger partial charge in [-0.3, -0.25) is 0 Å². The van der Waals surface area contributed by atoms with Crippen LogP contribution in [0.2, 0.25) is 0 Å². The van der Waals surface area contributed by atoms with Crippen LogP contribution in [0.25, 0.3) is 0 Å². The second kappa shape index (κ2) is 1.80. The summed E-state index contributed by atoms with van der Waals surface area (Å²) in [4.78, 5) is 0. The van der Waals surface area contributed by atoms with Crippen molar-refractivity contribution in [3.8, 4) is 0 Å². The molecular weight excluding hydrogens is 167 g/mol. The summed E-state index contributed by atoms with van der Waals surface area (Å²) in [6, 6.07) is 0. The van der Waals surface area contributed by atoms with Crippen LogP contribution in [-0.4, -0.2) is 27.5 Å². The van der Waals surface area contributed by atoms with Gasteiger partial charge in [-0.1, -0.05) is 0 Å². The summed E-state index contributed by atoms with van der Waals surface area (Å²) >= 11 is -3.79. The molecule has 0 radical (unpaired) electrons. The van der Waals surface area contributed by atoms with E-state index in [1.54, 1.807) is 0 Å². The summed E-state index contributed by atoms with van der Waals surface area (Å²) in [5.41, 5.74) is 0. The molecule has 0 atom stereocenters. The van der Waals surface area contributed by atoms with Crippen molar-refractivity contribution in [3.05, 3.63) is 0 Å². The van der Waals surface area contributed by atoms with Gasteiger partial charge in [0.1, 0.15) is 0 Å². The molecule has 2 N–H and O–H groups in total. The van der Waals surface area contributed by atoms with Crippen LogP contribution in [0.5, 0.6) is 0 Å². The van der Waals surface area contributed by atoms with E-state index in [9.17, 15) is 0 Å². The first kappa shape index (κ1) is 4.52. The van der Waals surface area contributed by atoms with Gasteiger partial charge in [-0.15, -0.1) is 0 Å². The van der Waals surface area contributed by atoms with Crippen molar-refractivity contribution < 1.29 is 9.96 Å². The molecule has 3 nitrogen and oxygen atoms in total. The Kier molecular flexibility index (Phi) is 2.04. The van der Waals surface area contributed by atoms with Crippen LogP contribution < -0.4 is 0 Å². The van der Waals surface area contributed by atoms with Crippen LogP contribution in [0.1, 0.15) is 0 Å². The fourth-order valence-corrected chi connectivity index (χ4v) is 0. The van der Waals surface area contributed by atoms with Crippen LogP contribution in [0.15, 0.2) is 0 Å². The van der Waals surface area contributed by atoms with E-state index in [1.165, 1.54) is 0 Å². The maximum absolute atomic E-state index is 8.84. The third-order valence-electron chi connectivity index (χ3n) is 0. The minimum absolute atomic E-state index is 3.79. The molecule has 0 aromatic carbocycles. The molecule has 24 valence electrons. The van der Waals surface area contributed by atoms with Crippen molar-refractivity contribution in [2.24, 2.45) is 0 Å². The Bertz CT molecular complexity index is 26.3. The predicted octanol–water partition coefficient (Wildman–Crippen LogP) is -1.61. The van der Waals surface area contributed by atoms with Crippen LogP contribution in [-0.2, 0) is 3.08 Å². The summed E-state index contributed by atoms with van der Waals surface area (Å²) in [5.74, 6) is 0. The molecule has 0 aromatic heterocycles. The van der Waals surface area contributed by atoms with Crippen LogP contribution in [0, 0.1) is 0 Å². The van der Waals surface area contributed by atoms with Gasteiger partial charge < -0.3 is 0 Å². The van der Waals surface area contributed by atoms with Gasteiger partial charge in [0.15, 0.2) is 0 Å².